The van der Waals surface area contributed by atoms with Gasteiger partial charge in [-0.05, 0) is 97.8 Å². The van der Waals surface area contributed by atoms with E-state index in [0.717, 1.165) is 45.0 Å². The lowest BCUT2D eigenvalue weighted by molar-refractivity contribution is 0.192. The third-order valence-electron chi connectivity index (χ3n) is 7.61. The highest BCUT2D eigenvalue weighted by molar-refractivity contribution is 5.94. The van der Waals surface area contributed by atoms with Gasteiger partial charge in [-0.1, -0.05) is 38.1 Å². The molecule has 1 aliphatic heterocycles. The lowest BCUT2D eigenvalue weighted by Crippen LogP contribution is -2.35. The van der Waals surface area contributed by atoms with Gasteiger partial charge in [0, 0.05) is 29.4 Å². The number of aryl methyl sites for hydroxylation is 1. The zero-order valence-corrected chi connectivity index (χ0v) is 21.8. The van der Waals surface area contributed by atoms with Gasteiger partial charge in [0.25, 0.3) is 0 Å². The first-order valence-electron chi connectivity index (χ1n) is 13.3. The van der Waals surface area contributed by atoms with Crippen molar-refractivity contribution in [3.63, 3.8) is 0 Å². The highest BCUT2D eigenvalue weighted by Crippen LogP contribution is 2.33. The second-order valence-electron chi connectivity index (χ2n) is 10.9. The molecule has 3 aromatic heterocycles. The van der Waals surface area contributed by atoms with Gasteiger partial charge in [0.05, 0.1) is 17.4 Å². The molecule has 0 radical (unpaired) electrons. The first-order valence-corrected chi connectivity index (χ1v) is 13.3. The van der Waals surface area contributed by atoms with E-state index in [2.05, 4.69) is 70.7 Å². The minimum absolute atomic E-state index is 0.264. The van der Waals surface area contributed by atoms with E-state index in [4.69, 9.17) is 4.98 Å². The normalized spacial score (nSPS) is 15.3. The number of benzene rings is 2. The minimum atomic E-state index is -0.264. The van der Waals surface area contributed by atoms with Crippen molar-refractivity contribution >= 4 is 16.6 Å². The SMILES string of the molecule is Cc1cc(-c2cnc3cc(-c4ccc(C5CCN(CC(C)C)CC5)cc4)ccn23)c2cc(F)ccc2n1. The second-order valence-corrected chi connectivity index (χ2v) is 10.9. The number of rotatable bonds is 5. The Morgan fingerprint density at radius 2 is 1.73 bits per heavy atom. The summed E-state index contributed by atoms with van der Waals surface area (Å²) in [5.74, 6) is 1.12. The second kappa shape index (κ2) is 9.71. The summed E-state index contributed by atoms with van der Waals surface area (Å²) in [6.45, 7) is 10.2. The highest BCUT2D eigenvalue weighted by Gasteiger charge is 2.21. The van der Waals surface area contributed by atoms with Gasteiger partial charge >= 0.3 is 0 Å². The number of fused-ring (bicyclic) bond motifs is 2. The fraction of sp³-hybridized carbons (Fsp3) is 0.312. The molecule has 1 saturated heterocycles. The van der Waals surface area contributed by atoms with Gasteiger partial charge in [-0.15, -0.1) is 0 Å². The van der Waals surface area contributed by atoms with Gasteiger partial charge in [-0.3, -0.25) is 9.38 Å². The average Bonchev–Trinajstić information content (AvgIpc) is 3.32. The summed E-state index contributed by atoms with van der Waals surface area (Å²) in [6.07, 6.45) is 6.41. The van der Waals surface area contributed by atoms with Crippen LogP contribution in [0, 0.1) is 18.7 Å². The molecule has 4 heterocycles. The smallest absolute Gasteiger partial charge is 0.137 e. The van der Waals surface area contributed by atoms with Crippen LogP contribution in [0.2, 0.25) is 0 Å². The maximum absolute atomic E-state index is 14.1. The predicted molar refractivity (Wildman–Crippen MR) is 149 cm³/mol. The summed E-state index contributed by atoms with van der Waals surface area (Å²) in [5.41, 5.74) is 8.20. The summed E-state index contributed by atoms with van der Waals surface area (Å²) in [6, 6.07) is 20.1. The van der Waals surface area contributed by atoms with E-state index in [9.17, 15) is 4.39 Å². The van der Waals surface area contributed by atoms with Crippen molar-refractivity contribution < 1.29 is 4.39 Å². The molecule has 1 fully saturated rings. The Morgan fingerprint density at radius 3 is 2.49 bits per heavy atom. The number of likely N-dealkylation sites (tertiary alicyclic amines) is 1. The Labute approximate surface area is 217 Å². The molecule has 5 aromatic rings. The molecule has 4 nitrogen and oxygen atoms in total. The monoisotopic (exact) mass is 492 g/mol. The number of hydrogen-bond donors (Lipinski definition) is 0. The molecule has 0 unspecified atom stereocenters. The number of nitrogens with zero attached hydrogens (tertiary/aromatic N) is 4. The van der Waals surface area contributed by atoms with Crippen LogP contribution in [-0.2, 0) is 0 Å². The van der Waals surface area contributed by atoms with Gasteiger partial charge in [0.1, 0.15) is 11.5 Å². The largest absolute Gasteiger partial charge is 0.303 e. The zero-order valence-electron chi connectivity index (χ0n) is 21.8. The molecular formula is C32H33FN4. The summed E-state index contributed by atoms with van der Waals surface area (Å²) in [7, 11) is 0. The van der Waals surface area contributed by atoms with Crippen LogP contribution in [0.25, 0.3) is 38.9 Å². The van der Waals surface area contributed by atoms with Crippen molar-refractivity contribution in [3.8, 4) is 22.4 Å². The van der Waals surface area contributed by atoms with E-state index in [1.54, 1.807) is 12.1 Å². The van der Waals surface area contributed by atoms with Crippen molar-refractivity contribution in [1.29, 1.82) is 0 Å². The van der Waals surface area contributed by atoms with E-state index < -0.39 is 0 Å². The molecule has 0 spiro atoms. The van der Waals surface area contributed by atoms with Crippen LogP contribution in [0.5, 0.6) is 0 Å². The maximum atomic E-state index is 14.1. The fourth-order valence-electron chi connectivity index (χ4n) is 5.81. The predicted octanol–water partition coefficient (Wildman–Crippen LogP) is 7.50. The van der Waals surface area contributed by atoms with Gasteiger partial charge in [0.15, 0.2) is 0 Å². The molecule has 6 rings (SSSR count). The lowest BCUT2D eigenvalue weighted by atomic mass is 9.88. The Bertz CT molecular complexity index is 1560. The first-order chi connectivity index (χ1) is 17.9. The molecule has 1 aliphatic rings. The first kappa shape index (κ1) is 23.8. The molecule has 0 N–H and O–H groups in total. The molecule has 0 bridgehead atoms. The molecule has 5 heteroatoms. The van der Waals surface area contributed by atoms with Crippen molar-refractivity contribution in [2.75, 3.05) is 19.6 Å². The molecule has 37 heavy (non-hydrogen) atoms. The molecule has 0 amide bonds. The standard InChI is InChI=1S/C32H33FN4/c1-21(2)20-36-13-10-25(11-14-36)23-4-6-24(7-5-23)26-12-15-37-31(19-34-32(37)17-26)29-16-22(3)35-30-9-8-27(33)18-28(29)30/h4-9,12,15-19,21,25H,10-11,13-14,20H2,1-3H3. The number of imidazole rings is 1. The molecule has 0 saturated carbocycles. The highest BCUT2D eigenvalue weighted by atomic mass is 19.1. The maximum Gasteiger partial charge on any atom is 0.137 e. The Morgan fingerprint density at radius 1 is 0.946 bits per heavy atom. The number of halogens is 1. The number of hydrogen-bond acceptors (Lipinski definition) is 3. The van der Waals surface area contributed by atoms with Crippen LogP contribution in [-0.4, -0.2) is 38.9 Å². The van der Waals surface area contributed by atoms with Crippen molar-refractivity contribution in [2.45, 2.75) is 39.5 Å². The van der Waals surface area contributed by atoms with E-state index >= 15 is 0 Å². The molecule has 2 aromatic carbocycles. The van der Waals surface area contributed by atoms with Crippen molar-refractivity contribution in [1.82, 2.24) is 19.3 Å². The van der Waals surface area contributed by atoms with Crippen LogP contribution in [0.4, 0.5) is 4.39 Å². The molecule has 0 aliphatic carbocycles. The topological polar surface area (TPSA) is 33.4 Å². The van der Waals surface area contributed by atoms with Crippen LogP contribution in [0.1, 0.15) is 43.9 Å². The third kappa shape index (κ3) is 4.76. The van der Waals surface area contributed by atoms with Crippen molar-refractivity contribution in [3.05, 3.63) is 90.1 Å². The Balaban J connectivity index is 1.26. The minimum Gasteiger partial charge on any atom is -0.303 e. The van der Waals surface area contributed by atoms with Gasteiger partial charge in [-0.25, -0.2) is 9.37 Å². The molecule has 188 valence electrons. The van der Waals surface area contributed by atoms with E-state index in [1.165, 1.54) is 49.7 Å². The van der Waals surface area contributed by atoms with Gasteiger partial charge < -0.3 is 4.90 Å². The summed E-state index contributed by atoms with van der Waals surface area (Å²) < 4.78 is 16.1. The van der Waals surface area contributed by atoms with Crippen LogP contribution < -0.4 is 0 Å². The quantitative estimate of drug-likeness (QED) is 0.255. The van der Waals surface area contributed by atoms with Gasteiger partial charge in [-0.2, -0.15) is 0 Å². The average molecular weight is 493 g/mol. The number of piperidine rings is 1. The third-order valence-corrected chi connectivity index (χ3v) is 7.61. The number of aromatic nitrogens is 3. The number of pyridine rings is 2. The van der Waals surface area contributed by atoms with Crippen molar-refractivity contribution in [2.24, 2.45) is 5.92 Å². The molecular weight excluding hydrogens is 459 g/mol. The van der Waals surface area contributed by atoms with Crippen LogP contribution >= 0.6 is 0 Å². The fourth-order valence-corrected chi connectivity index (χ4v) is 5.81. The van der Waals surface area contributed by atoms with E-state index in [0.29, 0.717) is 5.92 Å². The lowest BCUT2D eigenvalue weighted by Gasteiger charge is -2.33. The van der Waals surface area contributed by atoms with Crippen LogP contribution in [0.15, 0.2) is 73.1 Å². The van der Waals surface area contributed by atoms with Crippen LogP contribution in [0.3, 0.4) is 0 Å². The van der Waals surface area contributed by atoms with E-state index in [-0.39, 0.29) is 5.82 Å². The van der Waals surface area contributed by atoms with E-state index in [1.807, 2.05) is 19.2 Å². The summed E-state index contributed by atoms with van der Waals surface area (Å²) >= 11 is 0. The summed E-state index contributed by atoms with van der Waals surface area (Å²) in [4.78, 5) is 11.9. The Hall–Kier alpha value is -3.57. The molecule has 0 atom stereocenters. The summed E-state index contributed by atoms with van der Waals surface area (Å²) in [5, 5.41) is 0.794. The van der Waals surface area contributed by atoms with Gasteiger partial charge in [0.2, 0.25) is 0 Å². The zero-order chi connectivity index (χ0) is 25.5. The Kier molecular flexibility index (Phi) is 6.25.